The zero-order chi connectivity index (χ0) is 13.7. The molecule has 20 heavy (non-hydrogen) atoms. The maximum Gasteiger partial charge on any atom is 0.222 e. The molecule has 0 aromatic heterocycles. The average Bonchev–Trinajstić information content (AvgIpc) is 3.21. The standard InChI is InChI=1S/C15H21FN2O.ClH/c16-13-4-1-3-12(11-13)8-10-18(14-6-7-14)15(19)5-2-9-17;/h1,3-4,11,14H,2,5-10,17H2;1H. The van der Waals surface area contributed by atoms with Crippen molar-refractivity contribution in [2.45, 2.75) is 38.1 Å². The number of hydrogen-bond acceptors (Lipinski definition) is 2. The summed E-state index contributed by atoms with van der Waals surface area (Å²) in [4.78, 5) is 14.0. The Morgan fingerprint density at radius 3 is 2.75 bits per heavy atom. The summed E-state index contributed by atoms with van der Waals surface area (Å²) in [6, 6.07) is 6.99. The molecule has 2 rings (SSSR count). The van der Waals surface area contributed by atoms with Crippen molar-refractivity contribution in [1.29, 1.82) is 0 Å². The first-order chi connectivity index (χ1) is 9.20. The van der Waals surface area contributed by atoms with Crippen LogP contribution in [-0.2, 0) is 11.2 Å². The summed E-state index contributed by atoms with van der Waals surface area (Å²) in [5.41, 5.74) is 6.38. The van der Waals surface area contributed by atoms with E-state index in [1.54, 1.807) is 6.07 Å². The molecule has 2 N–H and O–H groups in total. The highest BCUT2D eigenvalue weighted by atomic mass is 35.5. The van der Waals surface area contributed by atoms with Crippen LogP contribution >= 0.6 is 12.4 Å². The van der Waals surface area contributed by atoms with Crippen molar-refractivity contribution in [3.63, 3.8) is 0 Å². The Hall–Kier alpha value is -1.13. The van der Waals surface area contributed by atoms with Crippen molar-refractivity contribution in [1.82, 2.24) is 4.90 Å². The van der Waals surface area contributed by atoms with Crippen LogP contribution in [0, 0.1) is 5.82 Å². The van der Waals surface area contributed by atoms with Gasteiger partial charge in [0.05, 0.1) is 0 Å². The lowest BCUT2D eigenvalue weighted by molar-refractivity contribution is -0.131. The third-order valence-corrected chi connectivity index (χ3v) is 3.43. The first kappa shape index (κ1) is 16.9. The Morgan fingerprint density at radius 1 is 1.40 bits per heavy atom. The summed E-state index contributed by atoms with van der Waals surface area (Å²) in [6.07, 6.45) is 4.16. The van der Waals surface area contributed by atoms with Crippen LogP contribution in [0.4, 0.5) is 4.39 Å². The molecule has 0 radical (unpaired) electrons. The van der Waals surface area contributed by atoms with Gasteiger partial charge in [-0.3, -0.25) is 4.79 Å². The van der Waals surface area contributed by atoms with Gasteiger partial charge in [0.15, 0.2) is 0 Å². The highest BCUT2D eigenvalue weighted by Gasteiger charge is 2.31. The van der Waals surface area contributed by atoms with Crippen LogP contribution in [0.3, 0.4) is 0 Å². The number of rotatable bonds is 7. The van der Waals surface area contributed by atoms with Crippen LogP contribution in [0.5, 0.6) is 0 Å². The number of carbonyl (C=O) groups excluding carboxylic acids is 1. The molecule has 1 aromatic carbocycles. The molecule has 112 valence electrons. The highest BCUT2D eigenvalue weighted by Crippen LogP contribution is 2.27. The fraction of sp³-hybridized carbons (Fsp3) is 0.533. The normalized spacial score (nSPS) is 13.7. The summed E-state index contributed by atoms with van der Waals surface area (Å²) < 4.78 is 13.1. The van der Waals surface area contributed by atoms with Crippen molar-refractivity contribution in [3.05, 3.63) is 35.6 Å². The fourth-order valence-electron chi connectivity index (χ4n) is 2.24. The van der Waals surface area contributed by atoms with Gasteiger partial charge in [-0.2, -0.15) is 0 Å². The number of hydrogen-bond donors (Lipinski definition) is 1. The molecule has 0 bridgehead atoms. The molecule has 0 atom stereocenters. The second-order valence-corrected chi connectivity index (χ2v) is 5.09. The lowest BCUT2D eigenvalue weighted by atomic mass is 10.1. The van der Waals surface area contributed by atoms with E-state index in [9.17, 15) is 9.18 Å². The topological polar surface area (TPSA) is 46.3 Å². The van der Waals surface area contributed by atoms with Crippen molar-refractivity contribution in [3.8, 4) is 0 Å². The van der Waals surface area contributed by atoms with Crippen LogP contribution in [-0.4, -0.2) is 29.9 Å². The number of nitrogens with zero attached hydrogens (tertiary/aromatic N) is 1. The van der Waals surface area contributed by atoms with Crippen LogP contribution in [0.15, 0.2) is 24.3 Å². The van der Waals surface area contributed by atoms with E-state index in [4.69, 9.17) is 5.73 Å². The summed E-state index contributed by atoms with van der Waals surface area (Å²) in [5, 5.41) is 0. The first-order valence-corrected chi connectivity index (χ1v) is 6.94. The second-order valence-electron chi connectivity index (χ2n) is 5.09. The van der Waals surface area contributed by atoms with E-state index >= 15 is 0 Å². The van der Waals surface area contributed by atoms with Crippen LogP contribution in [0.25, 0.3) is 0 Å². The van der Waals surface area contributed by atoms with Gasteiger partial charge in [-0.05, 0) is 49.9 Å². The van der Waals surface area contributed by atoms with Crippen molar-refractivity contribution in [2.75, 3.05) is 13.1 Å². The highest BCUT2D eigenvalue weighted by molar-refractivity contribution is 5.85. The third kappa shape index (κ3) is 5.10. The Bertz CT molecular complexity index is 438. The minimum atomic E-state index is -0.218. The first-order valence-electron chi connectivity index (χ1n) is 6.94. The summed E-state index contributed by atoms with van der Waals surface area (Å²) in [7, 11) is 0. The Kier molecular flexibility index (Phi) is 6.96. The van der Waals surface area contributed by atoms with Gasteiger partial charge in [0.25, 0.3) is 0 Å². The number of halogens is 2. The smallest absolute Gasteiger partial charge is 0.222 e. The van der Waals surface area contributed by atoms with Crippen molar-refractivity contribution < 1.29 is 9.18 Å². The number of benzene rings is 1. The maximum absolute atomic E-state index is 13.1. The quantitative estimate of drug-likeness (QED) is 0.841. The lowest BCUT2D eigenvalue weighted by Gasteiger charge is -2.22. The van der Waals surface area contributed by atoms with Gasteiger partial charge in [0.2, 0.25) is 5.91 Å². The molecule has 1 aliphatic carbocycles. The summed E-state index contributed by atoms with van der Waals surface area (Å²) in [5.74, 6) is -0.0331. The second kappa shape index (κ2) is 8.22. The maximum atomic E-state index is 13.1. The monoisotopic (exact) mass is 300 g/mol. The molecule has 0 heterocycles. The Balaban J connectivity index is 0.00000200. The van der Waals surface area contributed by atoms with E-state index in [1.807, 2.05) is 11.0 Å². The van der Waals surface area contributed by atoms with Gasteiger partial charge in [-0.25, -0.2) is 4.39 Å². The predicted octanol–water partition coefficient (Wildman–Crippen LogP) is 2.52. The molecule has 1 fully saturated rings. The van der Waals surface area contributed by atoms with E-state index in [1.165, 1.54) is 12.1 Å². The molecule has 1 aliphatic rings. The van der Waals surface area contributed by atoms with Crippen molar-refractivity contribution >= 4 is 18.3 Å². The minimum Gasteiger partial charge on any atom is -0.339 e. The summed E-state index contributed by atoms with van der Waals surface area (Å²) >= 11 is 0. The Morgan fingerprint density at radius 2 is 2.15 bits per heavy atom. The average molecular weight is 301 g/mol. The number of nitrogens with two attached hydrogens (primary N) is 1. The van der Waals surface area contributed by atoms with Crippen molar-refractivity contribution in [2.24, 2.45) is 5.73 Å². The van der Waals surface area contributed by atoms with E-state index in [2.05, 4.69) is 0 Å². The van der Waals surface area contributed by atoms with Crippen LogP contribution in [0.2, 0.25) is 0 Å². The van der Waals surface area contributed by atoms with E-state index < -0.39 is 0 Å². The van der Waals surface area contributed by atoms with Gasteiger partial charge in [0, 0.05) is 19.0 Å². The molecule has 0 spiro atoms. The Labute approximate surface area is 125 Å². The predicted molar refractivity (Wildman–Crippen MR) is 80.4 cm³/mol. The molecule has 1 amide bonds. The molecular weight excluding hydrogens is 279 g/mol. The molecule has 0 saturated heterocycles. The van der Waals surface area contributed by atoms with Gasteiger partial charge in [-0.1, -0.05) is 12.1 Å². The van der Waals surface area contributed by atoms with E-state index in [0.29, 0.717) is 32.0 Å². The van der Waals surface area contributed by atoms with Crippen LogP contribution in [0.1, 0.15) is 31.2 Å². The molecule has 1 saturated carbocycles. The van der Waals surface area contributed by atoms with E-state index in [0.717, 1.165) is 24.8 Å². The fourth-order valence-corrected chi connectivity index (χ4v) is 2.24. The van der Waals surface area contributed by atoms with Gasteiger partial charge >= 0.3 is 0 Å². The van der Waals surface area contributed by atoms with Gasteiger partial charge in [-0.15, -0.1) is 12.4 Å². The molecule has 3 nitrogen and oxygen atoms in total. The largest absolute Gasteiger partial charge is 0.339 e. The number of carbonyl (C=O) groups is 1. The summed E-state index contributed by atoms with van der Waals surface area (Å²) in [6.45, 7) is 1.23. The SMILES string of the molecule is Cl.NCCCC(=O)N(CCc1cccc(F)c1)C1CC1. The molecular formula is C15H22ClFN2O. The van der Waals surface area contributed by atoms with Gasteiger partial charge in [0.1, 0.15) is 5.82 Å². The third-order valence-electron chi connectivity index (χ3n) is 3.43. The number of amides is 1. The van der Waals surface area contributed by atoms with Gasteiger partial charge < -0.3 is 10.6 Å². The zero-order valence-corrected chi connectivity index (χ0v) is 12.4. The molecule has 1 aromatic rings. The van der Waals surface area contributed by atoms with E-state index in [-0.39, 0.29) is 24.1 Å². The minimum absolute atomic E-state index is 0. The lowest BCUT2D eigenvalue weighted by Crippen LogP contribution is -2.35. The molecule has 0 unspecified atom stereocenters. The molecule has 0 aliphatic heterocycles. The zero-order valence-electron chi connectivity index (χ0n) is 11.6. The van der Waals surface area contributed by atoms with Crippen LogP contribution < -0.4 is 5.73 Å². The molecule has 5 heteroatoms.